The monoisotopic (exact) mass is 359 g/mol. The molecule has 1 amide bonds. The molecule has 2 heterocycles. The minimum Gasteiger partial charge on any atom is -0.347 e. The number of carbonyl (C=O) groups excluding carboxylic acids is 1. The predicted octanol–water partition coefficient (Wildman–Crippen LogP) is 1.98. The summed E-state index contributed by atoms with van der Waals surface area (Å²) in [5.41, 5.74) is 7.54. The van der Waals surface area contributed by atoms with Crippen LogP contribution in [0.1, 0.15) is 15.2 Å². The first-order valence-electron chi connectivity index (χ1n) is 7.75. The Morgan fingerprint density at radius 2 is 2.16 bits per heavy atom. The van der Waals surface area contributed by atoms with E-state index < -0.39 is 0 Å². The van der Waals surface area contributed by atoms with Gasteiger partial charge in [-0.05, 0) is 30.2 Å². The Bertz CT molecular complexity index is 858. The van der Waals surface area contributed by atoms with Gasteiger partial charge in [-0.25, -0.2) is 14.1 Å². The summed E-state index contributed by atoms with van der Waals surface area (Å²) in [4.78, 5) is 17.2. The van der Waals surface area contributed by atoms with Crippen LogP contribution in [0.25, 0.3) is 11.4 Å². The summed E-state index contributed by atoms with van der Waals surface area (Å²) >= 11 is 1.34. The average molecular weight is 359 g/mol. The molecule has 0 unspecified atom stereocenters. The van der Waals surface area contributed by atoms with Crippen LogP contribution in [0, 0.1) is 5.82 Å². The van der Waals surface area contributed by atoms with Crippen LogP contribution in [0.2, 0.25) is 0 Å². The quantitative estimate of drug-likeness (QED) is 0.705. The maximum atomic E-state index is 13.0. The summed E-state index contributed by atoms with van der Waals surface area (Å²) in [6.45, 7) is 0.296. The van der Waals surface area contributed by atoms with E-state index in [4.69, 9.17) is 5.73 Å². The fourth-order valence-corrected chi connectivity index (χ4v) is 3.27. The number of hydrogen-bond donors (Lipinski definition) is 2. The molecule has 0 fully saturated rings. The smallest absolute Gasteiger partial charge is 0.261 e. The fourth-order valence-electron chi connectivity index (χ4n) is 2.48. The highest BCUT2D eigenvalue weighted by Crippen LogP contribution is 2.23. The molecule has 1 atom stereocenters. The molecule has 3 N–H and O–H groups in total. The molecule has 0 aliphatic heterocycles. The van der Waals surface area contributed by atoms with Crippen molar-refractivity contribution >= 4 is 17.2 Å². The number of thiophene rings is 1. The molecule has 3 rings (SSSR count). The normalized spacial score (nSPS) is 12.1. The molecule has 0 saturated carbocycles. The average Bonchev–Trinajstić information content (AvgIpc) is 3.24. The zero-order valence-corrected chi connectivity index (χ0v) is 14.5. The van der Waals surface area contributed by atoms with Crippen LogP contribution in [0.15, 0.2) is 42.0 Å². The van der Waals surface area contributed by atoms with E-state index in [0.717, 1.165) is 11.1 Å². The van der Waals surface area contributed by atoms with Crippen molar-refractivity contribution in [2.24, 2.45) is 12.8 Å². The molecule has 130 valence electrons. The minimum absolute atomic E-state index is 0.184. The third kappa shape index (κ3) is 4.09. The van der Waals surface area contributed by atoms with Crippen molar-refractivity contribution in [3.8, 4) is 11.4 Å². The molecule has 2 aromatic heterocycles. The van der Waals surface area contributed by atoms with Crippen molar-refractivity contribution in [3.63, 3.8) is 0 Å². The Labute approximate surface area is 148 Å². The van der Waals surface area contributed by atoms with Gasteiger partial charge in [0.05, 0.1) is 4.88 Å². The van der Waals surface area contributed by atoms with Crippen molar-refractivity contribution in [1.82, 2.24) is 20.1 Å². The summed E-state index contributed by atoms with van der Waals surface area (Å²) in [5.74, 6) is 0.236. The third-order valence-electron chi connectivity index (χ3n) is 3.81. The summed E-state index contributed by atoms with van der Waals surface area (Å²) in [6.07, 6.45) is 2.02. The topological polar surface area (TPSA) is 85.8 Å². The zero-order chi connectivity index (χ0) is 17.8. The van der Waals surface area contributed by atoms with Gasteiger partial charge in [-0.15, -0.1) is 11.3 Å². The Balaban J connectivity index is 1.67. The van der Waals surface area contributed by atoms with Gasteiger partial charge in [0.15, 0.2) is 5.82 Å². The number of rotatable bonds is 6. The first-order valence-corrected chi connectivity index (χ1v) is 8.63. The molecular weight excluding hydrogens is 341 g/mol. The SMILES string of the molecule is Cn1ncnc1-c1csc(C(=O)N[C@H](CN)Cc2ccc(F)cc2)c1. The van der Waals surface area contributed by atoms with E-state index in [1.807, 2.05) is 5.38 Å². The number of carbonyl (C=O) groups is 1. The Kier molecular flexibility index (Phi) is 5.20. The van der Waals surface area contributed by atoms with Gasteiger partial charge < -0.3 is 11.1 Å². The van der Waals surface area contributed by atoms with Crippen molar-refractivity contribution in [2.75, 3.05) is 6.54 Å². The van der Waals surface area contributed by atoms with E-state index in [1.165, 1.54) is 29.8 Å². The van der Waals surface area contributed by atoms with Gasteiger partial charge in [-0.2, -0.15) is 5.10 Å². The second-order valence-corrected chi connectivity index (χ2v) is 6.55. The van der Waals surface area contributed by atoms with Gasteiger partial charge in [0.1, 0.15) is 12.1 Å². The van der Waals surface area contributed by atoms with Crippen LogP contribution in [0.5, 0.6) is 0 Å². The van der Waals surface area contributed by atoms with E-state index in [1.54, 1.807) is 29.9 Å². The highest BCUT2D eigenvalue weighted by atomic mass is 32.1. The number of aromatic nitrogens is 3. The van der Waals surface area contributed by atoms with Crippen LogP contribution in [0.4, 0.5) is 4.39 Å². The molecule has 0 aliphatic carbocycles. The van der Waals surface area contributed by atoms with Crippen LogP contribution in [-0.4, -0.2) is 33.3 Å². The molecule has 0 radical (unpaired) electrons. The van der Waals surface area contributed by atoms with Crippen LogP contribution >= 0.6 is 11.3 Å². The highest BCUT2D eigenvalue weighted by molar-refractivity contribution is 7.12. The number of nitrogens with one attached hydrogen (secondary N) is 1. The summed E-state index contributed by atoms with van der Waals surface area (Å²) < 4.78 is 14.6. The maximum absolute atomic E-state index is 13.0. The fraction of sp³-hybridized carbons (Fsp3) is 0.235. The van der Waals surface area contributed by atoms with Gasteiger partial charge in [0.25, 0.3) is 5.91 Å². The van der Waals surface area contributed by atoms with E-state index in [-0.39, 0.29) is 17.8 Å². The lowest BCUT2D eigenvalue weighted by molar-refractivity contribution is 0.0942. The van der Waals surface area contributed by atoms with Crippen LogP contribution in [-0.2, 0) is 13.5 Å². The molecule has 0 saturated heterocycles. The van der Waals surface area contributed by atoms with Gasteiger partial charge in [-0.3, -0.25) is 4.79 Å². The van der Waals surface area contributed by atoms with Gasteiger partial charge in [0, 0.05) is 30.6 Å². The molecule has 1 aromatic carbocycles. The maximum Gasteiger partial charge on any atom is 0.261 e. The second kappa shape index (κ2) is 7.54. The van der Waals surface area contributed by atoms with Gasteiger partial charge in [-0.1, -0.05) is 12.1 Å². The third-order valence-corrected chi connectivity index (χ3v) is 4.74. The summed E-state index contributed by atoms with van der Waals surface area (Å²) in [6, 6.07) is 7.76. The molecular formula is C17H18FN5OS. The lowest BCUT2D eigenvalue weighted by atomic mass is 10.1. The number of benzene rings is 1. The molecule has 3 aromatic rings. The Morgan fingerprint density at radius 3 is 2.80 bits per heavy atom. The highest BCUT2D eigenvalue weighted by Gasteiger charge is 2.16. The predicted molar refractivity (Wildman–Crippen MR) is 94.7 cm³/mol. The first-order chi connectivity index (χ1) is 12.1. The van der Waals surface area contributed by atoms with Crippen molar-refractivity contribution in [2.45, 2.75) is 12.5 Å². The van der Waals surface area contributed by atoms with Crippen LogP contribution < -0.4 is 11.1 Å². The molecule has 0 aliphatic rings. The van der Waals surface area contributed by atoms with Crippen molar-refractivity contribution in [3.05, 3.63) is 58.3 Å². The Hall–Kier alpha value is -2.58. The molecule has 0 spiro atoms. The van der Waals surface area contributed by atoms with Gasteiger partial charge >= 0.3 is 0 Å². The molecule has 25 heavy (non-hydrogen) atoms. The number of nitrogens with two attached hydrogens (primary N) is 1. The largest absolute Gasteiger partial charge is 0.347 e. The van der Waals surface area contributed by atoms with E-state index in [0.29, 0.717) is 23.7 Å². The van der Waals surface area contributed by atoms with E-state index in [9.17, 15) is 9.18 Å². The number of nitrogens with zero attached hydrogens (tertiary/aromatic N) is 3. The number of amides is 1. The zero-order valence-electron chi connectivity index (χ0n) is 13.6. The summed E-state index contributed by atoms with van der Waals surface area (Å²) in [7, 11) is 1.80. The lowest BCUT2D eigenvalue weighted by Gasteiger charge is -2.16. The second-order valence-electron chi connectivity index (χ2n) is 5.64. The molecule has 8 heteroatoms. The number of hydrogen-bond acceptors (Lipinski definition) is 5. The molecule has 6 nitrogen and oxygen atoms in total. The van der Waals surface area contributed by atoms with Crippen molar-refractivity contribution < 1.29 is 9.18 Å². The van der Waals surface area contributed by atoms with Gasteiger partial charge in [0.2, 0.25) is 0 Å². The van der Waals surface area contributed by atoms with E-state index >= 15 is 0 Å². The summed E-state index contributed by atoms with van der Waals surface area (Å²) in [5, 5.41) is 8.83. The van der Waals surface area contributed by atoms with E-state index in [2.05, 4.69) is 15.4 Å². The van der Waals surface area contributed by atoms with Crippen molar-refractivity contribution in [1.29, 1.82) is 0 Å². The Morgan fingerprint density at radius 1 is 1.40 bits per heavy atom. The minimum atomic E-state index is -0.285. The standard InChI is InChI=1S/C17H18FN5OS/c1-23-16(20-10-21-23)12-7-15(25-9-12)17(24)22-14(8-19)6-11-2-4-13(18)5-3-11/h2-5,7,9-10,14H,6,8,19H2,1H3,(H,22,24)/t14-/m0/s1. The number of halogens is 1. The lowest BCUT2D eigenvalue weighted by Crippen LogP contribution is -2.41. The number of aryl methyl sites for hydroxylation is 1. The first kappa shape index (κ1) is 17.2. The molecule has 0 bridgehead atoms. The van der Waals surface area contributed by atoms with Crippen LogP contribution in [0.3, 0.4) is 0 Å².